The van der Waals surface area contributed by atoms with Crippen molar-refractivity contribution in [1.29, 1.82) is 0 Å². The smallest absolute Gasteiger partial charge is 0.164 e. The summed E-state index contributed by atoms with van der Waals surface area (Å²) in [6.45, 7) is 0. The molecule has 12 rings (SSSR count). The Hall–Kier alpha value is -7.63. The molecule has 0 unspecified atom stereocenters. The molecule has 3 aromatic heterocycles. The van der Waals surface area contributed by atoms with Crippen molar-refractivity contribution in [2.24, 2.45) is 0 Å². The van der Waals surface area contributed by atoms with Gasteiger partial charge in [-0.25, -0.2) is 15.0 Å². The number of para-hydroxylation sites is 2. The Morgan fingerprint density at radius 3 is 1.50 bits per heavy atom. The van der Waals surface area contributed by atoms with Gasteiger partial charge in [-0.1, -0.05) is 146 Å². The van der Waals surface area contributed by atoms with Crippen LogP contribution in [0.3, 0.4) is 0 Å². The molecule has 12 aromatic rings. The van der Waals surface area contributed by atoms with Crippen LogP contribution in [-0.4, -0.2) is 15.0 Å². The zero-order valence-electron chi connectivity index (χ0n) is 29.9. The minimum atomic E-state index is 0.576. The number of furan rings is 2. The summed E-state index contributed by atoms with van der Waals surface area (Å²) >= 11 is 0. The van der Waals surface area contributed by atoms with Crippen LogP contribution >= 0.6 is 0 Å². The Balaban J connectivity index is 1.15. The first-order valence-corrected chi connectivity index (χ1v) is 18.8. The fraction of sp³-hybridized carbons (Fsp3) is 0. The third-order valence-corrected chi connectivity index (χ3v) is 11.1. The van der Waals surface area contributed by atoms with Gasteiger partial charge in [0, 0.05) is 38.2 Å². The molecule has 56 heavy (non-hydrogen) atoms. The number of hydrogen-bond donors (Lipinski definition) is 0. The maximum atomic E-state index is 6.33. The highest BCUT2D eigenvalue weighted by atomic mass is 16.3. The summed E-state index contributed by atoms with van der Waals surface area (Å²) < 4.78 is 12.7. The van der Waals surface area contributed by atoms with Gasteiger partial charge in [0.2, 0.25) is 0 Å². The van der Waals surface area contributed by atoms with Crippen LogP contribution in [0.1, 0.15) is 0 Å². The van der Waals surface area contributed by atoms with Crippen molar-refractivity contribution in [1.82, 2.24) is 15.0 Å². The zero-order chi connectivity index (χ0) is 36.7. The number of benzene rings is 9. The Labute approximate surface area is 320 Å². The minimum absolute atomic E-state index is 0.576. The second kappa shape index (κ2) is 11.9. The summed E-state index contributed by atoms with van der Waals surface area (Å²) in [5.74, 6) is 1.75. The summed E-state index contributed by atoms with van der Waals surface area (Å²) in [5, 5.41) is 11.3. The summed E-state index contributed by atoms with van der Waals surface area (Å²) in [6, 6.07) is 61.0. The predicted molar refractivity (Wildman–Crippen MR) is 229 cm³/mol. The first kappa shape index (κ1) is 30.8. The molecule has 0 radical (unpaired) electrons. The van der Waals surface area contributed by atoms with Crippen LogP contribution in [0.5, 0.6) is 0 Å². The third-order valence-electron chi connectivity index (χ3n) is 11.1. The third kappa shape index (κ3) is 4.64. The molecule has 260 valence electrons. The molecule has 0 aliphatic carbocycles. The second-order valence-corrected chi connectivity index (χ2v) is 14.3. The van der Waals surface area contributed by atoms with Gasteiger partial charge in [0.05, 0.1) is 0 Å². The molecule has 3 heterocycles. The highest BCUT2D eigenvalue weighted by Gasteiger charge is 2.21. The number of hydrogen-bond acceptors (Lipinski definition) is 5. The summed E-state index contributed by atoms with van der Waals surface area (Å²) in [5.41, 5.74) is 8.06. The van der Waals surface area contributed by atoms with E-state index < -0.39 is 0 Å². The van der Waals surface area contributed by atoms with Gasteiger partial charge >= 0.3 is 0 Å². The van der Waals surface area contributed by atoms with E-state index in [9.17, 15) is 0 Å². The highest BCUT2D eigenvalue weighted by molar-refractivity contribution is 6.21. The van der Waals surface area contributed by atoms with E-state index in [1.165, 1.54) is 21.5 Å². The lowest BCUT2D eigenvalue weighted by atomic mass is 9.94. The topological polar surface area (TPSA) is 65.0 Å². The average molecular weight is 716 g/mol. The molecule has 0 saturated carbocycles. The quantitative estimate of drug-likeness (QED) is 0.170. The van der Waals surface area contributed by atoms with E-state index in [0.717, 1.165) is 82.5 Å². The SMILES string of the molecule is c1ccc(-c2cccc3oc4ccccc4c23)c(-c2nc(-c3ccc4ccc5ccc6ccccc6c5c4c3)nc(-c3cccc4oc5ccccc5c34)n2)c1. The van der Waals surface area contributed by atoms with Gasteiger partial charge in [-0.15, -0.1) is 0 Å². The lowest BCUT2D eigenvalue weighted by Crippen LogP contribution is -2.01. The van der Waals surface area contributed by atoms with Crippen LogP contribution < -0.4 is 0 Å². The molecule has 0 N–H and O–H groups in total. The summed E-state index contributed by atoms with van der Waals surface area (Å²) in [7, 11) is 0. The van der Waals surface area contributed by atoms with Gasteiger partial charge in [-0.2, -0.15) is 0 Å². The first-order valence-electron chi connectivity index (χ1n) is 18.8. The standard InChI is InChI=1S/C51H29N3O2/c1-2-12-34-30(11-1)23-26-32-27-24-31-25-28-33(29-41(31)46(32)34)49-52-50(54-51(53-49)40-18-10-22-45-48(40)39-16-6-8-20-43(39)56-45)37-14-4-3-13-35(37)36-17-9-21-44-47(36)38-15-5-7-19-42(38)55-44/h1-29H. The lowest BCUT2D eigenvalue weighted by Gasteiger charge is -2.14. The van der Waals surface area contributed by atoms with Crippen molar-refractivity contribution >= 4 is 76.2 Å². The fourth-order valence-electron chi connectivity index (χ4n) is 8.58. The largest absolute Gasteiger partial charge is 0.456 e. The number of fused-ring (bicyclic) bond motifs is 11. The zero-order valence-corrected chi connectivity index (χ0v) is 29.9. The summed E-state index contributed by atoms with van der Waals surface area (Å²) in [6.07, 6.45) is 0. The van der Waals surface area contributed by atoms with E-state index >= 15 is 0 Å². The molecule has 0 bridgehead atoms. The Morgan fingerprint density at radius 1 is 0.286 bits per heavy atom. The highest BCUT2D eigenvalue weighted by Crippen LogP contribution is 2.42. The van der Waals surface area contributed by atoms with Crippen molar-refractivity contribution in [3.8, 4) is 45.3 Å². The molecule has 5 nitrogen and oxygen atoms in total. The maximum Gasteiger partial charge on any atom is 0.164 e. The van der Waals surface area contributed by atoms with E-state index in [1.807, 2.05) is 54.6 Å². The van der Waals surface area contributed by atoms with Crippen LogP contribution in [0.4, 0.5) is 0 Å². The molecule has 0 saturated heterocycles. The number of rotatable bonds is 4. The van der Waals surface area contributed by atoms with E-state index in [0.29, 0.717) is 17.5 Å². The lowest BCUT2D eigenvalue weighted by molar-refractivity contribution is 0.668. The van der Waals surface area contributed by atoms with Crippen LogP contribution in [0, 0.1) is 0 Å². The summed E-state index contributed by atoms with van der Waals surface area (Å²) in [4.78, 5) is 15.9. The van der Waals surface area contributed by atoms with Crippen molar-refractivity contribution in [3.05, 3.63) is 176 Å². The van der Waals surface area contributed by atoms with Crippen molar-refractivity contribution < 1.29 is 8.83 Å². The first-order chi connectivity index (χ1) is 27.7. The van der Waals surface area contributed by atoms with E-state index in [-0.39, 0.29) is 0 Å². The van der Waals surface area contributed by atoms with E-state index in [2.05, 4.69) is 121 Å². The molecule has 0 aliphatic rings. The van der Waals surface area contributed by atoms with Gasteiger partial charge in [-0.3, -0.25) is 0 Å². The Kier molecular flexibility index (Phi) is 6.56. The molecule has 0 fully saturated rings. The van der Waals surface area contributed by atoms with Crippen LogP contribution in [-0.2, 0) is 0 Å². The van der Waals surface area contributed by atoms with Crippen molar-refractivity contribution in [3.63, 3.8) is 0 Å². The maximum absolute atomic E-state index is 6.33. The van der Waals surface area contributed by atoms with Crippen LogP contribution in [0.2, 0.25) is 0 Å². The predicted octanol–water partition coefficient (Wildman–Crippen LogP) is 13.8. The van der Waals surface area contributed by atoms with E-state index in [4.69, 9.17) is 23.8 Å². The van der Waals surface area contributed by atoms with Crippen molar-refractivity contribution in [2.45, 2.75) is 0 Å². The van der Waals surface area contributed by atoms with Gasteiger partial charge in [0.1, 0.15) is 22.3 Å². The van der Waals surface area contributed by atoms with Gasteiger partial charge in [0.25, 0.3) is 0 Å². The van der Waals surface area contributed by atoms with Crippen LogP contribution in [0.25, 0.3) is 121 Å². The Morgan fingerprint density at radius 2 is 0.768 bits per heavy atom. The normalized spacial score (nSPS) is 11.9. The molecule has 9 aromatic carbocycles. The van der Waals surface area contributed by atoms with E-state index in [1.54, 1.807) is 0 Å². The molecular formula is C51H29N3O2. The van der Waals surface area contributed by atoms with Gasteiger partial charge in [0.15, 0.2) is 17.5 Å². The fourth-order valence-corrected chi connectivity index (χ4v) is 8.58. The molecule has 5 heteroatoms. The molecule has 0 aliphatic heterocycles. The molecule has 0 atom stereocenters. The van der Waals surface area contributed by atoms with Gasteiger partial charge < -0.3 is 8.83 Å². The molecule has 0 spiro atoms. The Bertz CT molecular complexity index is 3550. The second-order valence-electron chi connectivity index (χ2n) is 14.3. The number of aromatic nitrogens is 3. The average Bonchev–Trinajstić information content (AvgIpc) is 3.85. The number of nitrogens with zero attached hydrogens (tertiary/aromatic N) is 3. The monoisotopic (exact) mass is 715 g/mol. The molecular weight excluding hydrogens is 687 g/mol. The van der Waals surface area contributed by atoms with Crippen molar-refractivity contribution in [2.75, 3.05) is 0 Å². The van der Waals surface area contributed by atoms with Gasteiger partial charge in [-0.05, 0) is 73.8 Å². The molecule has 0 amide bonds. The van der Waals surface area contributed by atoms with Crippen LogP contribution in [0.15, 0.2) is 185 Å². The minimum Gasteiger partial charge on any atom is -0.456 e.